The first-order chi connectivity index (χ1) is 14.7. The molecule has 3 rings (SSSR count). The summed E-state index contributed by atoms with van der Waals surface area (Å²) in [6.45, 7) is 2.57. The number of amides is 1. The Morgan fingerprint density at radius 1 is 1.13 bits per heavy atom. The molecule has 8 nitrogen and oxygen atoms in total. The second-order valence-electron chi connectivity index (χ2n) is 6.71. The minimum absolute atomic E-state index is 0.0346. The Labute approximate surface area is 190 Å². The molecule has 1 heterocycles. The summed E-state index contributed by atoms with van der Waals surface area (Å²) in [6, 6.07) is 10.2. The fraction of sp³-hybridized carbons (Fsp3) is 0.300. The molecule has 31 heavy (non-hydrogen) atoms. The van der Waals surface area contributed by atoms with Crippen LogP contribution in [0.3, 0.4) is 0 Å². The summed E-state index contributed by atoms with van der Waals surface area (Å²) < 4.78 is 37.3. The number of morpholine rings is 1. The molecule has 0 aliphatic carbocycles. The Bertz CT molecular complexity index is 1090. The molecule has 1 aliphatic rings. The second-order valence-corrected chi connectivity index (χ2v) is 9.49. The summed E-state index contributed by atoms with van der Waals surface area (Å²) in [5.41, 5.74) is 0.287. The van der Waals surface area contributed by atoms with E-state index in [0.717, 1.165) is 0 Å². The van der Waals surface area contributed by atoms with Crippen LogP contribution in [0.2, 0.25) is 10.0 Å². The largest absolute Gasteiger partial charge is 0.449 e. The van der Waals surface area contributed by atoms with Crippen LogP contribution in [0.1, 0.15) is 17.3 Å². The molecular weight excluding hydrogens is 467 g/mol. The van der Waals surface area contributed by atoms with Gasteiger partial charge in [0, 0.05) is 23.8 Å². The summed E-state index contributed by atoms with van der Waals surface area (Å²) in [7, 11) is -3.71. The normalized spacial score (nSPS) is 15.8. The van der Waals surface area contributed by atoms with Crippen LogP contribution >= 0.6 is 23.2 Å². The van der Waals surface area contributed by atoms with Crippen LogP contribution in [0.25, 0.3) is 0 Å². The van der Waals surface area contributed by atoms with Crippen molar-refractivity contribution in [2.45, 2.75) is 17.9 Å². The van der Waals surface area contributed by atoms with Crippen molar-refractivity contribution in [2.24, 2.45) is 0 Å². The molecule has 1 aliphatic heterocycles. The molecular formula is C20H20Cl2N2O6S. The predicted molar refractivity (Wildman–Crippen MR) is 116 cm³/mol. The van der Waals surface area contributed by atoms with Crippen LogP contribution in [0.5, 0.6) is 0 Å². The van der Waals surface area contributed by atoms with Crippen molar-refractivity contribution in [3.05, 3.63) is 58.1 Å². The van der Waals surface area contributed by atoms with Gasteiger partial charge in [0.1, 0.15) is 0 Å². The van der Waals surface area contributed by atoms with Crippen LogP contribution in [0, 0.1) is 0 Å². The summed E-state index contributed by atoms with van der Waals surface area (Å²) >= 11 is 11.8. The number of halogens is 2. The highest BCUT2D eigenvalue weighted by molar-refractivity contribution is 7.89. The minimum atomic E-state index is -3.71. The fourth-order valence-electron chi connectivity index (χ4n) is 2.85. The number of hydrogen-bond donors (Lipinski definition) is 1. The number of esters is 1. The summed E-state index contributed by atoms with van der Waals surface area (Å²) in [5, 5.41) is 3.00. The maximum absolute atomic E-state index is 12.8. The first-order valence-electron chi connectivity index (χ1n) is 9.33. The van der Waals surface area contributed by atoms with Gasteiger partial charge in [0.15, 0.2) is 6.10 Å². The number of nitrogens with zero attached hydrogens (tertiary/aromatic N) is 1. The number of nitrogens with one attached hydrogen (secondary N) is 1. The number of benzene rings is 2. The van der Waals surface area contributed by atoms with Gasteiger partial charge in [-0.1, -0.05) is 29.3 Å². The van der Waals surface area contributed by atoms with Crippen molar-refractivity contribution in [3.8, 4) is 0 Å². The second kappa shape index (κ2) is 9.97. The standard InChI is InChI=1S/C20H20Cl2N2O6S/c1-13(30-20(26)17-11-14(21)5-6-18(17)22)19(25)23-15-3-2-4-16(12-15)31(27,28)24-7-9-29-10-8-24/h2-6,11-13H,7-10H2,1H3,(H,23,25)/t13-/m0/s1. The highest BCUT2D eigenvalue weighted by atomic mass is 35.5. The number of rotatable bonds is 6. The Hall–Kier alpha value is -2.17. The molecule has 2 aromatic rings. The Balaban J connectivity index is 1.68. The third-order valence-electron chi connectivity index (χ3n) is 4.51. The van der Waals surface area contributed by atoms with Crippen molar-refractivity contribution in [1.29, 1.82) is 0 Å². The third kappa shape index (κ3) is 5.75. The minimum Gasteiger partial charge on any atom is -0.449 e. The number of carbonyl (C=O) groups is 2. The first kappa shape index (κ1) is 23.5. The van der Waals surface area contributed by atoms with Crippen molar-refractivity contribution < 1.29 is 27.5 Å². The number of ether oxygens (including phenoxy) is 2. The lowest BCUT2D eigenvalue weighted by molar-refractivity contribution is -0.123. The molecule has 1 atom stereocenters. The van der Waals surface area contributed by atoms with E-state index in [-0.39, 0.29) is 34.3 Å². The summed E-state index contributed by atoms with van der Waals surface area (Å²) in [5.74, 6) is -1.44. The lowest BCUT2D eigenvalue weighted by Crippen LogP contribution is -2.40. The first-order valence-corrected chi connectivity index (χ1v) is 11.5. The van der Waals surface area contributed by atoms with E-state index in [1.807, 2.05) is 0 Å². The van der Waals surface area contributed by atoms with E-state index in [1.54, 1.807) is 6.07 Å². The van der Waals surface area contributed by atoms with Gasteiger partial charge < -0.3 is 14.8 Å². The van der Waals surface area contributed by atoms with Crippen LogP contribution in [0.15, 0.2) is 47.4 Å². The molecule has 0 radical (unpaired) electrons. The average Bonchev–Trinajstić information content (AvgIpc) is 2.76. The van der Waals surface area contributed by atoms with E-state index in [9.17, 15) is 18.0 Å². The Morgan fingerprint density at radius 2 is 1.84 bits per heavy atom. The summed E-state index contributed by atoms with van der Waals surface area (Å²) in [6.07, 6.45) is -1.16. The Morgan fingerprint density at radius 3 is 2.55 bits per heavy atom. The lowest BCUT2D eigenvalue weighted by Gasteiger charge is -2.26. The van der Waals surface area contributed by atoms with Gasteiger partial charge in [0.05, 0.1) is 28.7 Å². The third-order valence-corrected chi connectivity index (χ3v) is 6.97. The smallest absolute Gasteiger partial charge is 0.340 e. The van der Waals surface area contributed by atoms with Crippen molar-refractivity contribution in [2.75, 3.05) is 31.6 Å². The predicted octanol–water partition coefficient (Wildman–Crippen LogP) is 3.20. The number of sulfonamides is 1. The number of hydrogen-bond acceptors (Lipinski definition) is 6. The van der Waals surface area contributed by atoms with Crippen LogP contribution in [-0.4, -0.2) is 57.0 Å². The van der Waals surface area contributed by atoms with Crippen molar-refractivity contribution >= 4 is 50.8 Å². The SMILES string of the molecule is C[C@H](OC(=O)c1cc(Cl)ccc1Cl)C(=O)Nc1cccc(S(=O)(=O)N2CCOCC2)c1. The topological polar surface area (TPSA) is 102 Å². The fourth-order valence-corrected chi connectivity index (χ4v) is 4.67. The molecule has 0 bridgehead atoms. The number of anilines is 1. The van der Waals surface area contributed by atoms with Gasteiger partial charge in [-0.05, 0) is 43.3 Å². The van der Waals surface area contributed by atoms with E-state index < -0.39 is 28.0 Å². The molecule has 1 saturated heterocycles. The molecule has 0 saturated carbocycles. The monoisotopic (exact) mass is 486 g/mol. The van der Waals surface area contributed by atoms with Crippen LogP contribution in [0.4, 0.5) is 5.69 Å². The molecule has 1 fully saturated rings. The molecule has 2 aromatic carbocycles. The molecule has 0 aromatic heterocycles. The zero-order chi connectivity index (χ0) is 22.6. The van der Waals surface area contributed by atoms with Gasteiger partial charge in [0.25, 0.3) is 5.91 Å². The van der Waals surface area contributed by atoms with Gasteiger partial charge in [0.2, 0.25) is 10.0 Å². The van der Waals surface area contributed by atoms with E-state index in [0.29, 0.717) is 18.2 Å². The van der Waals surface area contributed by atoms with Crippen molar-refractivity contribution in [3.63, 3.8) is 0 Å². The average molecular weight is 487 g/mol. The lowest BCUT2D eigenvalue weighted by atomic mass is 10.2. The maximum atomic E-state index is 12.8. The summed E-state index contributed by atoms with van der Waals surface area (Å²) in [4.78, 5) is 24.8. The van der Waals surface area contributed by atoms with Crippen LogP contribution in [-0.2, 0) is 24.3 Å². The quantitative estimate of drug-likeness (QED) is 0.628. The Kier molecular flexibility index (Phi) is 7.55. The highest BCUT2D eigenvalue weighted by Gasteiger charge is 2.27. The van der Waals surface area contributed by atoms with E-state index in [4.69, 9.17) is 32.7 Å². The molecule has 1 N–H and O–H groups in total. The van der Waals surface area contributed by atoms with Gasteiger partial charge in [-0.2, -0.15) is 4.31 Å². The van der Waals surface area contributed by atoms with Crippen LogP contribution < -0.4 is 5.32 Å². The number of carbonyl (C=O) groups excluding carboxylic acids is 2. The molecule has 0 spiro atoms. The van der Waals surface area contributed by atoms with Crippen molar-refractivity contribution in [1.82, 2.24) is 4.31 Å². The van der Waals surface area contributed by atoms with Gasteiger partial charge in [-0.3, -0.25) is 4.79 Å². The molecule has 0 unspecified atom stereocenters. The zero-order valence-corrected chi connectivity index (χ0v) is 18.8. The van der Waals surface area contributed by atoms with Gasteiger partial charge >= 0.3 is 5.97 Å². The highest BCUT2D eigenvalue weighted by Crippen LogP contribution is 2.23. The van der Waals surface area contributed by atoms with E-state index in [1.165, 1.54) is 47.6 Å². The van der Waals surface area contributed by atoms with E-state index >= 15 is 0 Å². The van der Waals surface area contributed by atoms with E-state index in [2.05, 4.69) is 5.32 Å². The zero-order valence-electron chi connectivity index (χ0n) is 16.5. The van der Waals surface area contributed by atoms with Gasteiger partial charge in [-0.25, -0.2) is 13.2 Å². The molecule has 166 valence electrons. The maximum Gasteiger partial charge on any atom is 0.340 e. The molecule has 11 heteroatoms. The molecule has 1 amide bonds. The van der Waals surface area contributed by atoms with Gasteiger partial charge in [-0.15, -0.1) is 0 Å².